The third-order valence-electron chi connectivity index (χ3n) is 7.77. The summed E-state index contributed by atoms with van der Waals surface area (Å²) >= 11 is 6.43. The van der Waals surface area contributed by atoms with Crippen molar-refractivity contribution < 1.29 is 4.39 Å². The summed E-state index contributed by atoms with van der Waals surface area (Å²) in [5.74, 6) is 0.146. The van der Waals surface area contributed by atoms with Crippen LogP contribution in [0.2, 0.25) is 5.02 Å². The summed E-state index contributed by atoms with van der Waals surface area (Å²) in [6.07, 6.45) is 7.77. The van der Waals surface area contributed by atoms with Crippen LogP contribution < -0.4 is 0 Å². The maximum absolute atomic E-state index is 13.5. The van der Waals surface area contributed by atoms with Crippen molar-refractivity contribution in [3.8, 4) is 0 Å². The van der Waals surface area contributed by atoms with Gasteiger partial charge in [-0.3, -0.25) is 9.80 Å². The SMILES string of the molecule is CN1CCN([C@H]2C[C@H](c3ccc(F)cc3)c3ccc(Cl)cc32)CC12CCCCC2. The molecule has 154 valence electrons. The highest BCUT2D eigenvalue weighted by atomic mass is 35.5. The van der Waals surface area contributed by atoms with Crippen molar-refractivity contribution in [2.24, 2.45) is 0 Å². The molecule has 2 nitrogen and oxygen atoms in total. The number of hydrogen-bond acceptors (Lipinski definition) is 2. The van der Waals surface area contributed by atoms with Gasteiger partial charge in [-0.15, -0.1) is 0 Å². The van der Waals surface area contributed by atoms with Crippen molar-refractivity contribution >= 4 is 11.6 Å². The predicted molar refractivity (Wildman–Crippen MR) is 117 cm³/mol. The second kappa shape index (κ2) is 7.68. The van der Waals surface area contributed by atoms with Crippen LogP contribution in [0.5, 0.6) is 0 Å². The van der Waals surface area contributed by atoms with Crippen molar-refractivity contribution in [1.29, 1.82) is 0 Å². The minimum absolute atomic E-state index is 0.169. The van der Waals surface area contributed by atoms with Crippen molar-refractivity contribution in [2.45, 2.75) is 56.0 Å². The number of fused-ring (bicyclic) bond motifs is 1. The molecule has 0 unspecified atom stereocenters. The van der Waals surface area contributed by atoms with Gasteiger partial charge in [-0.05, 0) is 67.3 Å². The monoisotopic (exact) mass is 412 g/mol. The molecule has 2 fully saturated rings. The summed E-state index contributed by atoms with van der Waals surface area (Å²) in [7, 11) is 2.32. The van der Waals surface area contributed by atoms with Gasteiger partial charge in [0.05, 0.1) is 0 Å². The summed E-state index contributed by atoms with van der Waals surface area (Å²) in [5.41, 5.74) is 4.28. The molecule has 0 N–H and O–H groups in total. The number of likely N-dealkylation sites (N-methyl/N-ethyl adjacent to an activating group) is 1. The molecule has 2 aromatic rings. The summed E-state index contributed by atoms with van der Waals surface area (Å²) in [6.45, 7) is 3.38. The molecule has 4 heteroatoms. The number of benzene rings is 2. The Morgan fingerprint density at radius 1 is 0.966 bits per heavy atom. The zero-order valence-corrected chi connectivity index (χ0v) is 18.0. The van der Waals surface area contributed by atoms with Crippen LogP contribution in [0.4, 0.5) is 4.39 Å². The van der Waals surface area contributed by atoms with Gasteiger partial charge in [0.15, 0.2) is 0 Å². The summed E-state index contributed by atoms with van der Waals surface area (Å²) in [4.78, 5) is 5.36. The smallest absolute Gasteiger partial charge is 0.123 e. The lowest BCUT2D eigenvalue weighted by Gasteiger charge is -2.53. The summed E-state index contributed by atoms with van der Waals surface area (Å²) in [5, 5.41) is 0.815. The molecule has 0 amide bonds. The third-order valence-corrected chi connectivity index (χ3v) is 8.00. The number of piperazine rings is 1. The van der Waals surface area contributed by atoms with E-state index in [1.165, 1.54) is 48.8 Å². The highest BCUT2D eigenvalue weighted by Gasteiger charge is 2.44. The first kappa shape index (κ1) is 19.5. The van der Waals surface area contributed by atoms with E-state index < -0.39 is 0 Å². The van der Waals surface area contributed by atoms with Gasteiger partial charge in [0, 0.05) is 42.2 Å². The second-order valence-electron chi connectivity index (χ2n) is 9.31. The molecule has 2 aliphatic carbocycles. The van der Waals surface area contributed by atoms with Gasteiger partial charge in [0.2, 0.25) is 0 Å². The van der Waals surface area contributed by atoms with E-state index in [1.807, 2.05) is 18.2 Å². The summed E-state index contributed by atoms with van der Waals surface area (Å²) < 4.78 is 13.5. The lowest BCUT2D eigenvalue weighted by Crippen LogP contribution is -2.61. The Bertz CT molecular complexity index is 875. The molecule has 1 heterocycles. The quantitative estimate of drug-likeness (QED) is 0.596. The number of halogens is 2. The van der Waals surface area contributed by atoms with E-state index in [1.54, 1.807) is 12.1 Å². The molecule has 3 aliphatic rings. The molecule has 2 aromatic carbocycles. The lowest BCUT2D eigenvalue weighted by atomic mass is 9.78. The van der Waals surface area contributed by atoms with E-state index in [0.29, 0.717) is 17.5 Å². The highest BCUT2D eigenvalue weighted by molar-refractivity contribution is 6.30. The van der Waals surface area contributed by atoms with Crippen LogP contribution in [0.25, 0.3) is 0 Å². The molecule has 0 aromatic heterocycles. The maximum Gasteiger partial charge on any atom is 0.123 e. The second-order valence-corrected chi connectivity index (χ2v) is 9.74. The van der Waals surface area contributed by atoms with Gasteiger partial charge in [0.25, 0.3) is 0 Å². The standard InChI is InChI=1S/C25H30ClFN2/c1-28-13-14-29(17-25(28)11-3-2-4-12-25)24-16-22(18-5-8-20(27)9-6-18)21-10-7-19(26)15-23(21)24/h5-10,15,22,24H,2-4,11-14,16-17H2,1H3/t22-,24+/m1/s1. The van der Waals surface area contributed by atoms with Crippen molar-refractivity contribution in [3.05, 3.63) is 70.0 Å². The molecule has 1 aliphatic heterocycles. The molecule has 1 saturated heterocycles. The largest absolute Gasteiger partial charge is 0.298 e. The molecular formula is C25H30ClFN2. The van der Waals surface area contributed by atoms with E-state index in [2.05, 4.69) is 29.0 Å². The fourth-order valence-corrected chi connectivity index (χ4v) is 6.27. The molecular weight excluding hydrogens is 383 g/mol. The lowest BCUT2D eigenvalue weighted by molar-refractivity contribution is -0.0267. The molecule has 0 radical (unpaired) electrons. The first-order valence-corrected chi connectivity index (χ1v) is 11.4. The third kappa shape index (κ3) is 3.52. The topological polar surface area (TPSA) is 6.48 Å². The Hall–Kier alpha value is -1.42. The minimum Gasteiger partial charge on any atom is -0.298 e. The zero-order chi connectivity index (χ0) is 20.0. The fourth-order valence-electron chi connectivity index (χ4n) is 6.09. The predicted octanol–water partition coefficient (Wildman–Crippen LogP) is 6.01. The minimum atomic E-state index is -0.169. The maximum atomic E-state index is 13.5. The number of rotatable bonds is 2. The first-order valence-electron chi connectivity index (χ1n) is 11.1. The van der Waals surface area contributed by atoms with Crippen LogP contribution in [0.15, 0.2) is 42.5 Å². The van der Waals surface area contributed by atoms with Crippen LogP contribution in [0.3, 0.4) is 0 Å². The Labute approximate surface area is 178 Å². The van der Waals surface area contributed by atoms with Gasteiger partial charge < -0.3 is 0 Å². The van der Waals surface area contributed by atoms with E-state index in [9.17, 15) is 4.39 Å². The van der Waals surface area contributed by atoms with Gasteiger partial charge in [-0.25, -0.2) is 4.39 Å². The Morgan fingerprint density at radius 3 is 2.48 bits per heavy atom. The van der Waals surface area contributed by atoms with Crippen molar-refractivity contribution in [3.63, 3.8) is 0 Å². The fraction of sp³-hybridized carbons (Fsp3) is 0.520. The van der Waals surface area contributed by atoms with E-state index in [-0.39, 0.29) is 5.82 Å². The van der Waals surface area contributed by atoms with E-state index in [0.717, 1.165) is 31.1 Å². The first-order chi connectivity index (χ1) is 14.1. The Morgan fingerprint density at radius 2 is 1.72 bits per heavy atom. The number of hydrogen-bond donors (Lipinski definition) is 0. The van der Waals surface area contributed by atoms with Crippen LogP contribution in [0.1, 0.15) is 67.2 Å². The average molecular weight is 413 g/mol. The van der Waals surface area contributed by atoms with Crippen LogP contribution in [-0.4, -0.2) is 42.0 Å². The van der Waals surface area contributed by atoms with Gasteiger partial charge in [0.1, 0.15) is 5.82 Å². The molecule has 1 saturated carbocycles. The van der Waals surface area contributed by atoms with Crippen molar-refractivity contribution in [2.75, 3.05) is 26.7 Å². The van der Waals surface area contributed by atoms with Gasteiger partial charge in [-0.1, -0.05) is 49.1 Å². The molecule has 5 rings (SSSR count). The van der Waals surface area contributed by atoms with Gasteiger partial charge in [-0.2, -0.15) is 0 Å². The Kier molecular flexibility index (Phi) is 5.18. The van der Waals surface area contributed by atoms with Gasteiger partial charge >= 0.3 is 0 Å². The van der Waals surface area contributed by atoms with Crippen LogP contribution in [-0.2, 0) is 0 Å². The zero-order valence-electron chi connectivity index (χ0n) is 17.2. The number of nitrogens with zero attached hydrogens (tertiary/aromatic N) is 2. The highest BCUT2D eigenvalue weighted by Crippen LogP contribution is 2.49. The average Bonchev–Trinajstić information content (AvgIpc) is 3.10. The van der Waals surface area contributed by atoms with Crippen LogP contribution >= 0.6 is 11.6 Å². The molecule has 29 heavy (non-hydrogen) atoms. The molecule has 1 spiro atoms. The summed E-state index contributed by atoms with van der Waals surface area (Å²) in [6, 6.07) is 13.9. The molecule has 0 bridgehead atoms. The molecule has 2 atom stereocenters. The van der Waals surface area contributed by atoms with Crippen LogP contribution in [0, 0.1) is 5.82 Å². The van der Waals surface area contributed by atoms with Crippen molar-refractivity contribution in [1.82, 2.24) is 9.80 Å². The van der Waals surface area contributed by atoms with E-state index in [4.69, 9.17) is 11.6 Å². The Balaban J connectivity index is 1.47. The van der Waals surface area contributed by atoms with E-state index >= 15 is 0 Å². The normalized spacial score (nSPS) is 27.3.